The summed E-state index contributed by atoms with van der Waals surface area (Å²) >= 11 is 0. The topological polar surface area (TPSA) is 90.5 Å². The molecule has 0 radical (unpaired) electrons. The molecule has 1 heterocycles. The van der Waals surface area contributed by atoms with Crippen LogP contribution in [0.2, 0.25) is 0 Å². The molecule has 5 N–H and O–H groups in total. The van der Waals surface area contributed by atoms with E-state index in [1.807, 2.05) is 13.0 Å². The number of aromatic nitrogens is 1. The van der Waals surface area contributed by atoms with Gasteiger partial charge in [0, 0.05) is 11.6 Å². The summed E-state index contributed by atoms with van der Waals surface area (Å²) < 4.78 is 18.6. The van der Waals surface area contributed by atoms with E-state index in [2.05, 4.69) is 15.6 Å². The normalized spacial score (nSPS) is 9.79. The van der Waals surface area contributed by atoms with Gasteiger partial charge in [0.25, 0.3) is 0 Å². The summed E-state index contributed by atoms with van der Waals surface area (Å²) in [6.45, 7) is 4.14. The molecule has 0 unspecified atom stereocenters. The highest BCUT2D eigenvalue weighted by atomic mass is 35.5. The molecule has 1 aromatic heterocycles. The molecule has 2 aromatic rings. The molecule has 130 valence electrons. The maximum atomic E-state index is 13.8. The third-order valence-corrected chi connectivity index (χ3v) is 3.17. The Balaban J connectivity index is 0.00000288. The van der Waals surface area contributed by atoms with Crippen molar-refractivity contribution in [2.24, 2.45) is 0 Å². The van der Waals surface area contributed by atoms with Crippen molar-refractivity contribution in [1.82, 2.24) is 0 Å². The molecule has 0 spiro atoms. The molecule has 24 heavy (non-hydrogen) atoms. The first-order valence-corrected chi connectivity index (χ1v) is 7.24. The van der Waals surface area contributed by atoms with Crippen LogP contribution in [0.15, 0.2) is 30.3 Å². The van der Waals surface area contributed by atoms with E-state index in [1.165, 1.54) is 6.07 Å². The second kappa shape index (κ2) is 8.93. The zero-order chi connectivity index (χ0) is 16.8. The lowest BCUT2D eigenvalue weighted by molar-refractivity contribution is -0.342. The van der Waals surface area contributed by atoms with Gasteiger partial charge in [-0.1, -0.05) is 12.1 Å². The predicted octanol–water partition coefficient (Wildman–Crippen LogP) is -0.285. The number of aryl methyl sites for hydroxylation is 1. The summed E-state index contributed by atoms with van der Waals surface area (Å²) in [5.41, 5.74) is 7.68. The van der Waals surface area contributed by atoms with Gasteiger partial charge in [-0.15, -0.1) is 0 Å². The molecule has 0 aliphatic rings. The first-order valence-electron chi connectivity index (χ1n) is 7.24. The summed E-state index contributed by atoms with van der Waals surface area (Å²) in [4.78, 5) is 14.3. The Bertz CT molecular complexity index is 712. The van der Waals surface area contributed by atoms with Gasteiger partial charge in [0.2, 0.25) is 11.6 Å². The number of amides is 1. The molecule has 1 aromatic carbocycles. The molecule has 0 bridgehead atoms. The summed E-state index contributed by atoms with van der Waals surface area (Å²) in [5, 5.41) is 5.57. The Morgan fingerprint density at radius 2 is 2.08 bits per heavy atom. The van der Waals surface area contributed by atoms with Gasteiger partial charge >= 0.3 is 6.09 Å². The number of benzene rings is 1. The number of pyridine rings is 1. The standard InChI is InChI=1S/C16H19FN4O2.ClH/c1-3-23-16(22)20-13-6-7-14(21-15(13)18)19-9-11-5-4-10(2)8-12(11)17;/h4-8H,3,9H2,1-2H3,(H,20,22)(H3,18,19,21);1H. The van der Waals surface area contributed by atoms with Crippen molar-refractivity contribution >= 4 is 23.4 Å². The first kappa shape index (κ1) is 19.5. The highest BCUT2D eigenvalue weighted by Gasteiger charge is 2.11. The SMILES string of the molecule is CCOC(=O)Nc1ccc(NCc2ccc(C)cc2F)[nH+]c1N.[Cl-]. The molecular formula is C16H20ClFN4O2. The highest BCUT2D eigenvalue weighted by molar-refractivity contribution is 5.87. The van der Waals surface area contributed by atoms with Gasteiger partial charge in [0.1, 0.15) is 11.5 Å². The number of carbonyl (C=O) groups is 1. The van der Waals surface area contributed by atoms with Crippen LogP contribution >= 0.6 is 0 Å². The number of hydrogen-bond donors (Lipinski definition) is 3. The molecule has 0 aliphatic carbocycles. The Kier molecular flexibility index (Phi) is 7.26. The van der Waals surface area contributed by atoms with Crippen molar-refractivity contribution in [2.75, 3.05) is 23.0 Å². The Morgan fingerprint density at radius 3 is 2.71 bits per heavy atom. The van der Waals surface area contributed by atoms with Crippen LogP contribution < -0.4 is 33.8 Å². The number of halogens is 2. The van der Waals surface area contributed by atoms with Crippen molar-refractivity contribution in [1.29, 1.82) is 0 Å². The highest BCUT2D eigenvalue weighted by Crippen LogP contribution is 2.16. The number of H-pyrrole nitrogens is 1. The number of rotatable bonds is 5. The Labute approximate surface area is 146 Å². The fraction of sp³-hybridized carbons (Fsp3) is 0.250. The fourth-order valence-electron chi connectivity index (χ4n) is 1.99. The molecule has 0 saturated heterocycles. The molecule has 0 atom stereocenters. The smallest absolute Gasteiger partial charge is 0.411 e. The lowest BCUT2D eigenvalue weighted by Gasteiger charge is -2.08. The number of nitrogen functional groups attached to an aromatic ring is 1. The Morgan fingerprint density at radius 1 is 1.33 bits per heavy atom. The summed E-state index contributed by atoms with van der Waals surface area (Å²) in [5.74, 6) is 0.621. The van der Waals surface area contributed by atoms with Crippen LogP contribution in [0.3, 0.4) is 0 Å². The second-order valence-corrected chi connectivity index (χ2v) is 4.99. The van der Waals surface area contributed by atoms with E-state index in [4.69, 9.17) is 10.5 Å². The molecule has 8 heteroatoms. The second-order valence-electron chi connectivity index (χ2n) is 4.99. The number of carbonyl (C=O) groups excluding carboxylic acids is 1. The van der Waals surface area contributed by atoms with E-state index in [-0.39, 0.29) is 30.6 Å². The van der Waals surface area contributed by atoms with Gasteiger partial charge in [-0.2, -0.15) is 0 Å². The minimum absolute atomic E-state index is 0. The van der Waals surface area contributed by atoms with E-state index >= 15 is 0 Å². The van der Waals surface area contributed by atoms with Crippen LogP contribution in [0, 0.1) is 12.7 Å². The number of nitrogens with two attached hydrogens (primary N) is 1. The largest absolute Gasteiger partial charge is 1.00 e. The predicted molar refractivity (Wildman–Crippen MR) is 86.5 cm³/mol. The van der Waals surface area contributed by atoms with Crippen molar-refractivity contribution in [3.63, 3.8) is 0 Å². The minimum atomic E-state index is -0.574. The van der Waals surface area contributed by atoms with E-state index in [9.17, 15) is 9.18 Å². The monoisotopic (exact) mass is 354 g/mol. The van der Waals surface area contributed by atoms with Crippen molar-refractivity contribution < 1.29 is 31.3 Å². The lowest BCUT2D eigenvalue weighted by atomic mass is 10.1. The van der Waals surface area contributed by atoms with Gasteiger partial charge in [-0.25, -0.2) is 14.2 Å². The van der Waals surface area contributed by atoms with Crippen LogP contribution in [0.5, 0.6) is 0 Å². The van der Waals surface area contributed by atoms with Crippen molar-refractivity contribution in [3.8, 4) is 0 Å². The minimum Gasteiger partial charge on any atom is -1.00 e. The summed E-state index contributed by atoms with van der Waals surface area (Å²) in [7, 11) is 0. The number of aromatic amines is 1. The van der Waals surface area contributed by atoms with Crippen molar-refractivity contribution in [2.45, 2.75) is 20.4 Å². The molecule has 2 rings (SSSR count). The molecule has 1 amide bonds. The van der Waals surface area contributed by atoms with Crippen LogP contribution in [0.4, 0.5) is 26.5 Å². The van der Waals surface area contributed by atoms with Crippen LogP contribution in [-0.4, -0.2) is 12.7 Å². The van der Waals surface area contributed by atoms with Gasteiger partial charge in [-0.05, 0) is 31.5 Å². The van der Waals surface area contributed by atoms with E-state index in [1.54, 1.807) is 25.1 Å². The third-order valence-electron chi connectivity index (χ3n) is 3.17. The molecule has 0 saturated carbocycles. The molecule has 6 nitrogen and oxygen atoms in total. The van der Waals surface area contributed by atoms with Gasteiger partial charge in [0.05, 0.1) is 13.2 Å². The van der Waals surface area contributed by atoms with Crippen molar-refractivity contribution in [3.05, 3.63) is 47.3 Å². The Hall–Kier alpha value is -2.54. The number of ether oxygens (including phenoxy) is 1. The quantitative estimate of drug-likeness (QED) is 0.688. The summed E-state index contributed by atoms with van der Waals surface area (Å²) in [6.07, 6.45) is -0.574. The zero-order valence-electron chi connectivity index (χ0n) is 13.5. The van der Waals surface area contributed by atoms with Crippen LogP contribution in [0.1, 0.15) is 18.1 Å². The van der Waals surface area contributed by atoms with Gasteiger partial charge in [-0.3, -0.25) is 5.32 Å². The van der Waals surface area contributed by atoms with Gasteiger partial charge in [0.15, 0.2) is 0 Å². The zero-order valence-corrected chi connectivity index (χ0v) is 14.2. The van der Waals surface area contributed by atoms with Crippen LogP contribution in [-0.2, 0) is 11.3 Å². The van der Waals surface area contributed by atoms with E-state index in [0.717, 1.165) is 5.56 Å². The number of hydrogen-bond acceptors (Lipinski definition) is 4. The average Bonchev–Trinajstić information content (AvgIpc) is 2.49. The first-order chi connectivity index (χ1) is 11.0. The summed E-state index contributed by atoms with van der Waals surface area (Å²) in [6, 6.07) is 8.41. The molecule has 0 fully saturated rings. The lowest BCUT2D eigenvalue weighted by Crippen LogP contribution is -3.00. The maximum absolute atomic E-state index is 13.8. The number of anilines is 3. The average molecular weight is 355 g/mol. The van der Waals surface area contributed by atoms with E-state index in [0.29, 0.717) is 23.6 Å². The van der Waals surface area contributed by atoms with Gasteiger partial charge < -0.3 is 28.2 Å². The van der Waals surface area contributed by atoms with Crippen LogP contribution in [0.25, 0.3) is 0 Å². The number of nitrogens with one attached hydrogen (secondary N) is 3. The molecule has 0 aliphatic heterocycles. The molecular weight excluding hydrogens is 335 g/mol. The fourth-order valence-corrected chi connectivity index (χ4v) is 1.99. The third kappa shape index (κ3) is 5.27. The maximum Gasteiger partial charge on any atom is 0.411 e. The van der Waals surface area contributed by atoms with E-state index < -0.39 is 6.09 Å².